The van der Waals surface area contributed by atoms with Gasteiger partial charge >= 0.3 is 0 Å². The Morgan fingerprint density at radius 1 is 1.11 bits per heavy atom. The maximum atomic E-state index is 11.4. The van der Waals surface area contributed by atoms with Gasteiger partial charge in [0.25, 0.3) is 0 Å². The average Bonchev–Trinajstić information content (AvgIpc) is 2.95. The number of hydrogen-bond acceptors (Lipinski definition) is 2. The van der Waals surface area contributed by atoms with E-state index in [2.05, 4.69) is 13.8 Å². The topological polar surface area (TPSA) is 46.2 Å². The van der Waals surface area contributed by atoms with E-state index in [1.54, 1.807) is 0 Å². The molecule has 0 spiro atoms. The lowest BCUT2D eigenvalue weighted by Crippen LogP contribution is -2.58. The molecule has 3 aliphatic rings. The van der Waals surface area contributed by atoms with E-state index < -0.39 is 5.60 Å². The largest absolute Gasteiger partial charge is 0.389 e. The fraction of sp³-hybridized carbons (Fsp3) is 1.00. The van der Waals surface area contributed by atoms with Crippen LogP contribution in [0.2, 0.25) is 0 Å². The van der Waals surface area contributed by atoms with E-state index in [9.17, 15) is 5.11 Å². The standard InChI is InChI=1S/C16H29NO/c1-11-5-6-16(18,8-12(11)2)15(10-17)9-13-3-4-14(15)7-13/h11-14,18H,3-10,17H2,1-2H3. The van der Waals surface area contributed by atoms with Gasteiger partial charge in [-0.15, -0.1) is 0 Å². The zero-order valence-corrected chi connectivity index (χ0v) is 12.0. The van der Waals surface area contributed by atoms with E-state index in [-0.39, 0.29) is 5.41 Å². The molecule has 3 N–H and O–H groups in total. The van der Waals surface area contributed by atoms with Crippen LogP contribution in [0, 0.1) is 29.1 Å². The summed E-state index contributed by atoms with van der Waals surface area (Å²) >= 11 is 0. The van der Waals surface area contributed by atoms with Crippen molar-refractivity contribution >= 4 is 0 Å². The van der Waals surface area contributed by atoms with Crippen LogP contribution in [-0.2, 0) is 0 Å². The Bertz CT molecular complexity index is 331. The van der Waals surface area contributed by atoms with Crippen molar-refractivity contribution in [3.63, 3.8) is 0 Å². The molecule has 2 heteroatoms. The van der Waals surface area contributed by atoms with Gasteiger partial charge in [-0.3, -0.25) is 0 Å². The summed E-state index contributed by atoms with van der Waals surface area (Å²) in [5, 5.41) is 11.4. The van der Waals surface area contributed by atoms with E-state index in [0.717, 1.165) is 24.7 Å². The highest BCUT2D eigenvalue weighted by Gasteiger charge is 2.61. The van der Waals surface area contributed by atoms with Gasteiger partial charge in [-0.1, -0.05) is 20.3 Å². The van der Waals surface area contributed by atoms with Crippen LogP contribution in [0.4, 0.5) is 0 Å². The Kier molecular flexibility index (Phi) is 3.02. The van der Waals surface area contributed by atoms with Crippen molar-refractivity contribution in [3.05, 3.63) is 0 Å². The van der Waals surface area contributed by atoms with E-state index in [4.69, 9.17) is 5.73 Å². The second-order valence-electron chi connectivity index (χ2n) is 7.67. The molecular formula is C16H29NO. The Morgan fingerprint density at radius 3 is 2.39 bits per heavy atom. The molecule has 0 aromatic rings. The lowest BCUT2D eigenvalue weighted by Gasteiger charge is -2.54. The van der Waals surface area contributed by atoms with Gasteiger partial charge < -0.3 is 10.8 Å². The summed E-state index contributed by atoms with van der Waals surface area (Å²) in [6, 6.07) is 0. The van der Waals surface area contributed by atoms with Gasteiger partial charge in [-0.25, -0.2) is 0 Å². The summed E-state index contributed by atoms with van der Waals surface area (Å²) in [6.07, 6.45) is 8.38. The maximum Gasteiger partial charge on any atom is 0.0721 e. The third-order valence-corrected chi connectivity index (χ3v) is 6.91. The van der Waals surface area contributed by atoms with Crippen LogP contribution >= 0.6 is 0 Å². The van der Waals surface area contributed by atoms with Crippen LogP contribution in [0.3, 0.4) is 0 Å². The molecule has 0 radical (unpaired) electrons. The van der Waals surface area contributed by atoms with Gasteiger partial charge in [0.05, 0.1) is 5.60 Å². The number of fused-ring (bicyclic) bond motifs is 2. The molecule has 3 aliphatic carbocycles. The smallest absolute Gasteiger partial charge is 0.0721 e. The fourth-order valence-electron chi connectivity index (χ4n) is 5.49. The van der Waals surface area contributed by atoms with Crippen molar-refractivity contribution < 1.29 is 5.11 Å². The quantitative estimate of drug-likeness (QED) is 0.792. The predicted molar refractivity (Wildman–Crippen MR) is 74.1 cm³/mol. The Morgan fingerprint density at radius 2 is 1.89 bits per heavy atom. The number of aliphatic hydroxyl groups is 1. The van der Waals surface area contributed by atoms with Gasteiger partial charge in [0, 0.05) is 12.0 Å². The van der Waals surface area contributed by atoms with Gasteiger partial charge in [0.1, 0.15) is 0 Å². The van der Waals surface area contributed by atoms with Gasteiger partial charge in [0.15, 0.2) is 0 Å². The first-order valence-corrected chi connectivity index (χ1v) is 7.93. The molecule has 18 heavy (non-hydrogen) atoms. The van der Waals surface area contributed by atoms with Crippen molar-refractivity contribution in [3.8, 4) is 0 Å². The van der Waals surface area contributed by atoms with Crippen LogP contribution < -0.4 is 5.73 Å². The first-order valence-electron chi connectivity index (χ1n) is 7.93. The van der Waals surface area contributed by atoms with Gasteiger partial charge in [-0.05, 0) is 62.2 Å². The highest BCUT2D eigenvalue weighted by Crippen LogP contribution is 2.63. The summed E-state index contributed by atoms with van der Waals surface area (Å²) in [7, 11) is 0. The van der Waals surface area contributed by atoms with E-state index >= 15 is 0 Å². The molecule has 0 heterocycles. The summed E-state index contributed by atoms with van der Waals surface area (Å²) in [4.78, 5) is 0. The summed E-state index contributed by atoms with van der Waals surface area (Å²) < 4.78 is 0. The van der Waals surface area contributed by atoms with Crippen molar-refractivity contribution in [1.82, 2.24) is 0 Å². The molecule has 0 aromatic heterocycles. The summed E-state index contributed by atoms with van der Waals surface area (Å²) in [6.45, 7) is 5.35. The summed E-state index contributed by atoms with van der Waals surface area (Å²) in [5.41, 5.74) is 5.79. The molecule has 2 nitrogen and oxygen atoms in total. The molecular weight excluding hydrogens is 222 g/mol. The number of nitrogens with two attached hydrogens (primary N) is 1. The second kappa shape index (κ2) is 4.21. The molecule has 0 amide bonds. The highest BCUT2D eigenvalue weighted by atomic mass is 16.3. The Hall–Kier alpha value is -0.0800. The Labute approximate surface area is 111 Å². The van der Waals surface area contributed by atoms with Gasteiger partial charge in [-0.2, -0.15) is 0 Å². The normalized spacial score (nSPS) is 56.0. The van der Waals surface area contributed by atoms with E-state index in [0.29, 0.717) is 18.4 Å². The maximum absolute atomic E-state index is 11.4. The predicted octanol–water partition coefficient (Wildman–Crippen LogP) is 2.94. The first-order chi connectivity index (χ1) is 8.51. The molecule has 0 saturated heterocycles. The van der Waals surface area contributed by atoms with Gasteiger partial charge in [0.2, 0.25) is 0 Å². The van der Waals surface area contributed by atoms with Crippen molar-refractivity contribution in [2.75, 3.05) is 6.54 Å². The lowest BCUT2D eigenvalue weighted by atomic mass is 9.55. The van der Waals surface area contributed by atoms with Crippen molar-refractivity contribution in [2.24, 2.45) is 34.8 Å². The molecule has 0 aromatic carbocycles. The molecule has 3 fully saturated rings. The SMILES string of the molecule is CC1CCC(O)(C2(CN)CC3CCC2C3)CC1C. The molecule has 6 atom stereocenters. The van der Waals surface area contributed by atoms with E-state index in [1.807, 2.05) is 0 Å². The minimum Gasteiger partial charge on any atom is -0.389 e. The zero-order valence-electron chi connectivity index (χ0n) is 12.0. The van der Waals surface area contributed by atoms with Crippen LogP contribution in [0.25, 0.3) is 0 Å². The molecule has 2 bridgehead atoms. The Balaban J connectivity index is 1.87. The monoisotopic (exact) mass is 251 g/mol. The van der Waals surface area contributed by atoms with Crippen molar-refractivity contribution in [2.45, 2.75) is 64.4 Å². The zero-order chi connectivity index (χ0) is 13.0. The second-order valence-corrected chi connectivity index (χ2v) is 7.67. The van der Waals surface area contributed by atoms with Crippen molar-refractivity contribution in [1.29, 1.82) is 0 Å². The first kappa shape index (κ1) is 12.9. The summed E-state index contributed by atoms with van der Waals surface area (Å²) in [5.74, 6) is 2.97. The van der Waals surface area contributed by atoms with Crippen LogP contribution in [-0.4, -0.2) is 17.3 Å². The average molecular weight is 251 g/mol. The van der Waals surface area contributed by atoms with E-state index in [1.165, 1.54) is 32.1 Å². The fourth-order valence-corrected chi connectivity index (χ4v) is 5.49. The minimum atomic E-state index is -0.465. The molecule has 0 aliphatic heterocycles. The molecule has 3 saturated carbocycles. The van der Waals surface area contributed by atoms with Crippen LogP contribution in [0.5, 0.6) is 0 Å². The molecule has 6 unspecified atom stereocenters. The third kappa shape index (κ3) is 1.61. The number of rotatable bonds is 2. The highest BCUT2D eigenvalue weighted by molar-refractivity contribution is 5.12. The third-order valence-electron chi connectivity index (χ3n) is 6.91. The number of hydrogen-bond donors (Lipinski definition) is 2. The molecule has 3 rings (SSSR count). The van der Waals surface area contributed by atoms with Crippen LogP contribution in [0.15, 0.2) is 0 Å². The van der Waals surface area contributed by atoms with Crippen LogP contribution in [0.1, 0.15) is 58.8 Å². The molecule has 104 valence electrons. The minimum absolute atomic E-state index is 0.0598. The lowest BCUT2D eigenvalue weighted by molar-refractivity contribution is -0.147.